The van der Waals surface area contributed by atoms with Gasteiger partial charge in [-0.05, 0) is 36.2 Å². The Morgan fingerprint density at radius 2 is 1.92 bits per heavy atom. The van der Waals surface area contributed by atoms with Crippen LogP contribution in [0.5, 0.6) is 0 Å². The zero-order valence-corrected chi connectivity index (χ0v) is 22.1. The van der Waals surface area contributed by atoms with Gasteiger partial charge >= 0.3 is 5.97 Å². The minimum atomic E-state index is -1.37. The van der Waals surface area contributed by atoms with Crippen molar-refractivity contribution in [2.24, 2.45) is 11.8 Å². The average molecular weight is 590 g/mol. The monoisotopic (exact) mass is 588 g/mol. The third-order valence-electron chi connectivity index (χ3n) is 7.66. The van der Waals surface area contributed by atoms with Crippen molar-refractivity contribution in [1.82, 2.24) is 4.90 Å². The fraction of sp³-hybridized carbons (Fsp3) is 0.370. The minimum absolute atomic E-state index is 0.137. The summed E-state index contributed by atoms with van der Waals surface area (Å²) in [6.07, 6.45) is 1.10. The van der Waals surface area contributed by atoms with E-state index >= 15 is 0 Å². The van der Waals surface area contributed by atoms with Crippen LogP contribution in [0.1, 0.15) is 18.0 Å². The van der Waals surface area contributed by atoms with Gasteiger partial charge in [0.1, 0.15) is 11.6 Å². The van der Waals surface area contributed by atoms with Gasteiger partial charge in [-0.2, -0.15) is 0 Å². The second-order valence-corrected chi connectivity index (χ2v) is 11.2. The smallest absolute Gasteiger partial charge is 0.310 e. The quantitative estimate of drug-likeness (QED) is 0.361. The van der Waals surface area contributed by atoms with Gasteiger partial charge in [0.25, 0.3) is 5.91 Å². The van der Waals surface area contributed by atoms with Crippen LogP contribution < -0.4 is 4.90 Å². The first-order chi connectivity index (χ1) is 17.7. The maximum atomic E-state index is 14.5. The Hall–Kier alpha value is -2.72. The number of carboxylic acids is 1. The molecule has 2 amide bonds. The van der Waals surface area contributed by atoms with Crippen molar-refractivity contribution in [3.63, 3.8) is 0 Å². The third kappa shape index (κ3) is 4.00. The number of benzene rings is 2. The van der Waals surface area contributed by atoms with Crippen LogP contribution in [0.4, 0.5) is 5.69 Å². The molecular weight excluding hydrogens is 564 g/mol. The van der Waals surface area contributed by atoms with Gasteiger partial charge in [-0.25, -0.2) is 0 Å². The maximum Gasteiger partial charge on any atom is 0.310 e. The van der Waals surface area contributed by atoms with Gasteiger partial charge in [0.15, 0.2) is 0 Å². The molecule has 2 bridgehead atoms. The normalized spacial score (nSPS) is 30.7. The van der Waals surface area contributed by atoms with E-state index in [0.717, 1.165) is 0 Å². The highest BCUT2D eigenvalue weighted by Crippen LogP contribution is 2.61. The molecule has 3 heterocycles. The molecule has 2 aromatic carbocycles. The van der Waals surface area contributed by atoms with Gasteiger partial charge < -0.3 is 24.7 Å². The number of aliphatic hydroxyl groups excluding tert-OH is 1. The molecule has 3 fully saturated rings. The number of halogens is 2. The van der Waals surface area contributed by atoms with E-state index in [1.54, 1.807) is 54.6 Å². The minimum Gasteiger partial charge on any atom is -0.481 e. The predicted octanol–water partition coefficient (Wildman–Crippen LogP) is 3.43. The number of fused-ring (bicyclic) bond motifs is 1. The summed E-state index contributed by atoms with van der Waals surface area (Å²) >= 11 is 9.62. The number of rotatable bonds is 8. The molecule has 5 rings (SSSR count). The van der Waals surface area contributed by atoms with Crippen molar-refractivity contribution in [1.29, 1.82) is 0 Å². The highest BCUT2D eigenvalue weighted by atomic mass is 79.9. The number of carbonyl (C=O) groups is 3. The fourth-order valence-electron chi connectivity index (χ4n) is 6.21. The maximum absolute atomic E-state index is 14.5. The summed E-state index contributed by atoms with van der Waals surface area (Å²) in [6.45, 7) is 3.47. The van der Waals surface area contributed by atoms with Crippen LogP contribution in [-0.4, -0.2) is 68.6 Å². The lowest BCUT2D eigenvalue weighted by molar-refractivity contribution is -0.151. The van der Waals surface area contributed by atoms with E-state index in [1.165, 1.54) is 9.80 Å². The molecule has 3 saturated heterocycles. The van der Waals surface area contributed by atoms with Crippen molar-refractivity contribution in [3.8, 4) is 0 Å². The Morgan fingerprint density at radius 3 is 2.51 bits per heavy atom. The molecule has 0 radical (unpaired) electrons. The molecule has 7 atom stereocenters. The number of carbonyl (C=O) groups excluding carboxylic acids is 2. The number of aliphatic hydroxyl groups is 1. The van der Waals surface area contributed by atoms with Gasteiger partial charge in [0.2, 0.25) is 5.91 Å². The number of hydrogen-bond donors (Lipinski definition) is 2. The molecular formula is C27H26BrClN2O6. The van der Waals surface area contributed by atoms with Crippen LogP contribution >= 0.6 is 27.5 Å². The lowest BCUT2D eigenvalue weighted by Gasteiger charge is -2.39. The number of likely N-dealkylation sites (tertiary alicyclic amines) is 1. The summed E-state index contributed by atoms with van der Waals surface area (Å²) in [5.74, 6) is -4.29. The van der Waals surface area contributed by atoms with Crippen molar-refractivity contribution in [2.45, 2.75) is 35.0 Å². The van der Waals surface area contributed by atoms with Gasteiger partial charge in [-0.1, -0.05) is 63.9 Å². The molecule has 2 aromatic rings. The fourth-order valence-corrected chi connectivity index (χ4v) is 7.28. The van der Waals surface area contributed by atoms with Crippen molar-refractivity contribution in [2.75, 3.05) is 18.1 Å². The molecule has 0 aliphatic carbocycles. The molecule has 194 valence electrons. The van der Waals surface area contributed by atoms with Crippen LogP contribution in [-0.2, 0) is 19.1 Å². The Balaban J connectivity index is 1.67. The molecule has 3 aliphatic heterocycles. The Bertz CT molecular complexity index is 1230. The Morgan fingerprint density at radius 1 is 1.24 bits per heavy atom. The zero-order valence-electron chi connectivity index (χ0n) is 19.7. The van der Waals surface area contributed by atoms with E-state index in [1.807, 2.05) is 6.07 Å². The third-order valence-corrected chi connectivity index (χ3v) is 8.75. The SMILES string of the molecule is C=CCN(C(=O)C1N([C@H](CO)c2ccccc2)C(=O)[C@@H]2[C@@H](C(=O)O)[C@@H]3OC12CC3Br)c1ccc(Cl)cc1. The van der Waals surface area contributed by atoms with E-state index in [4.69, 9.17) is 16.3 Å². The molecule has 8 nitrogen and oxygen atoms in total. The van der Waals surface area contributed by atoms with Crippen LogP contribution in [0.2, 0.25) is 5.02 Å². The summed E-state index contributed by atoms with van der Waals surface area (Å²) in [5, 5.41) is 21.1. The van der Waals surface area contributed by atoms with Gasteiger partial charge in [0.05, 0.1) is 30.6 Å². The average Bonchev–Trinajstić information content (AvgIpc) is 3.48. The van der Waals surface area contributed by atoms with Crippen LogP contribution in [0, 0.1) is 11.8 Å². The first-order valence-electron chi connectivity index (χ1n) is 12.0. The van der Waals surface area contributed by atoms with Crippen LogP contribution in [0.25, 0.3) is 0 Å². The van der Waals surface area contributed by atoms with Crippen molar-refractivity contribution in [3.05, 3.63) is 77.8 Å². The van der Waals surface area contributed by atoms with Crippen LogP contribution in [0.3, 0.4) is 0 Å². The second-order valence-electron chi connectivity index (χ2n) is 9.57. The van der Waals surface area contributed by atoms with E-state index in [9.17, 15) is 24.6 Å². The summed E-state index contributed by atoms with van der Waals surface area (Å²) in [4.78, 5) is 43.4. The number of aliphatic carboxylic acids is 1. The number of amides is 2. The van der Waals surface area contributed by atoms with Crippen molar-refractivity contribution >= 4 is 51.0 Å². The zero-order chi connectivity index (χ0) is 26.5. The standard InChI is InChI=1S/C27H26BrClN2O6/c1-2-12-30(17-10-8-16(29)9-11-17)25(34)23-27-13-18(28)22(37-27)20(26(35)36)21(27)24(33)31(23)19(14-32)15-6-4-3-5-7-15/h2-11,18-23,32H,1,12-14H2,(H,35,36)/t18?,19-,20-,21+,22-,23?,27?/m1/s1. The lowest BCUT2D eigenvalue weighted by atomic mass is 9.70. The molecule has 3 aliphatic rings. The first kappa shape index (κ1) is 25.9. The molecule has 37 heavy (non-hydrogen) atoms. The number of alkyl halides is 1. The van der Waals surface area contributed by atoms with Gasteiger partial charge in [0, 0.05) is 22.1 Å². The van der Waals surface area contributed by atoms with Crippen LogP contribution in [0.15, 0.2) is 67.3 Å². The van der Waals surface area contributed by atoms with E-state index in [0.29, 0.717) is 16.3 Å². The number of hydrogen-bond acceptors (Lipinski definition) is 5. The topological polar surface area (TPSA) is 107 Å². The first-order valence-corrected chi connectivity index (χ1v) is 13.2. The summed E-state index contributed by atoms with van der Waals surface area (Å²) in [7, 11) is 0. The van der Waals surface area contributed by atoms with E-state index in [2.05, 4.69) is 22.5 Å². The van der Waals surface area contributed by atoms with E-state index in [-0.39, 0.29) is 17.8 Å². The predicted molar refractivity (Wildman–Crippen MR) is 140 cm³/mol. The van der Waals surface area contributed by atoms with E-state index < -0.39 is 60.0 Å². The Kier molecular flexibility index (Phi) is 6.91. The molecule has 2 N–H and O–H groups in total. The highest BCUT2D eigenvalue weighted by molar-refractivity contribution is 9.09. The number of nitrogens with zero attached hydrogens (tertiary/aromatic N) is 2. The lowest BCUT2D eigenvalue weighted by Crippen LogP contribution is -2.57. The second kappa shape index (κ2) is 9.87. The molecule has 0 saturated carbocycles. The largest absolute Gasteiger partial charge is 0.481 e. The molecule has 10 heteroatoms. The highest BCUT2D eigenvalue weighted by Gasteiger charge is 2.77. The number of anilines is 1. The Labute approximate surface area is 227 Å². The number of ether oxygens (including phenoxy) is 1. The van der Waals surface area contributed by atoms with Gasteiger partial charge in [-0.3, -0.25) is 14.4 Å². The summed E-state index contributed by atoms with van der Waals surface area (Å²) < 4.78 is 6.35. The molecule has 0 aromatic heterocycles. The summed E-state index contributed by atoms with van der Waals surface area (Å²) in [6, 6.07) is 13.6. The van der Waals surface area contributed by atoms with Gasteiger partial charge in [-0.15, -0.1) is 6.58 Å². The van der Waals surface area contributed by atoms with Crippen molar-refractivity contribution < 1.29 is 29.3 Å². The number of carboxylic acid groups (broad SMARTS) is 1. The molecule has 1 spiro atoms. The summed E-state index contributed by atoms with van der Waals surface area (Å²) in [5.41, 5.74) is -0.199. The molecule has 3 unspecified atom stereocenters.